The number of benzene rings is 2. The van der Waals surface area contributed by atoms with Crippen molar-refractivity contribution in [2.45, 2.75) is 0 Å². The van der Waals surface area contributed by atoms with E-state index in [1.165, 1.54) is 4.90 Å². The second-order valence-corrected chi connectivity index (χ2v) is 5.47. The number of hydrogen-bond donors (Lipinski definition) is 1. The third-order valence-electron chi connectivity index (χ3n) is 3.71. The van der Waals surface area contributed by atoms with Gasteiger partial charge in [0.05, 0.1) is 6.54 Å². The molecule has 0 atom stereocenters. The maximum atomic E-state index is 12.7. The number of anilines is 1. The van der Waals surface area contributed by atoms with Gasteiger partial charge in [-0.1, -0.05) is 36.4 Å². The molecule has 2 amide bonds. The minimum Gasteiger partial charge on any atom is -0.332 e. The topological polar surface area (TPSA) is 62.3 Å². The molecule has 24 heavy (non-hydrogen) atoms. The SMILES string of the molecule is CN(CC(=O)Nc1ccncc1)C(=O)c1cccc2ccccc12. The Morgan fingerprint density at radius 1 is 1.00 bits per heavy atom. The summed E-state index contributed by atoms with van der Waals surface area (Å²) in [6.07, 6.45) is 3.20. The van der Waals surface area contributed by atoms with Gasteiger partial charge in [-0.2, -0.15) is 0 Å². The van der Waals surface area contributed by atoms with Crippen LogP contribution in [0.1, 0.15) is 10.4 Å². The Labute approximate surface area is 139 Å². The Morgan fingerprint density at radius 3 is 2.50 bits per heavy atom. The van der Waals surface area contributed by atoms with Crippen LogP contribution in [0, 0.1) is 0 Å². The summed E-state index contributed by atoms with van der Waals surface area (Å²) < 4.78 is 0. The van der Waals surface area contributed by atoms with E-state index in [0.717, 1.165) is 10.8 Å². The second kappa shape index (κ2) is 6.91. The highest BCUT2D eigenvalue weighted by Gasteiger charge is 2.17. The molecule has 0 aliphatic heterocycles. The molecule has 3 aromatic rings. The zero-order valence-corrected chi connectivity index (χ0v) is 13.3. The van der Waals surface area contributed by atoms with Gasteiger partial charge < -0.3 is 10.2 Å². The van der Waals surface area contributed by atoms with Crippen LogP contribution >= 0.6 is 0 Å². The van der Waals surface area contributed by atoms with Crippen LogP contribution in [-0.2, 0) is 4.79 Å². The van der Waals surface area contributed by atoms with Crippen molar-refractivity contribution in [1.29, 1.82) is 0 Å². The van der Waals surface area contributed by atoms with E-state index in [1.54, 1.807) is 37.6 Å². The summed E-state index contributed by atoms with van der Waals surface area (Å²) in [5, 5.41) is 4.62. The molecular formula is C19H17N3O2. The third-order valence-corrected chi connectivity index (χ3v) is 3.71. The summed E-state index contributed by atoms with van der Waals surface area (Å²) in [4.78, 5) is 30.1. The number of rotatable bonds is 4. The van der Waals surface area contributed by atoms with E-state index in [0.29, 0.717) is 11.3 Å². The number of likely N-dealkylation sites (N-methyl/N-ethyl adjacent to an activating group) is 1. The van der Waals surface area contributed by atoms with Crippen LogP contribution in [0.5, 0.6) is 0 Å². The van der Waals surface area contributed by atoms with Gasteiger partial charge in [0.2, 0.25) is 5.91 Å². The van der Waals surface area contributed by atoms with Crippen molar-refractivity contribution in [2.75, 3.05) is 18.9 Å². The highest BCUT2D eigenvalue weighted by atomic mass is 16.2. The predicted molar refractivity (Wildman–Crippen MR) is 93.8 cm³/mol. The zero-order valence-electron chi connectivity index (χ0n) is 13.3. The number of amides is 2. The van der Waals surface area contributed by atoms with Crippen LogP contribution < -0.4 is 5.32 Å². The molecule has 0 fully saturated rings. The summed E-state index contributed by atoms with van der Waals surface area (Å²) in [5.41, 5.74) is 1.24. The summed E-state index contributed by atoms with van der Waals surface area (Å²) >= 11 is 0. The summed E-state index contributed by atoms with van der Waals surface area (Å²) in [6.45, 7) is -0.0234. The van der Waals surface area contributed by atoms with Crippen LogP contribution in [0.25, 0.3) is 10.8 Å². The lowest BCUT2D eigenvalue weighted by atomic mass is 10.0. The van der Waals surface area contributed by atoms with Crippen molar-refractivity contribution < 1.29 is 9.59 Å². The lowest BCUT2D eigenvalue weighted by molar-refractivity contribution is -0.116. The van der Waals surface area contributed by atoms with E-state index in [-0.39, 0.29) is 18.4 Å². The molecule has 1 aromatic heterocycles. The zero-order chi connectivity index (χ0) is 16.9. The third kappa shape index (κ3) is 3.41. The van der Waals surface area contributed by atoms with Crippen molar-refractivity contribution in [3.63, 3.8) is 0 Å². The molecule has 3 rings (SSSR count). The van der Waals surface area contributed by atoms with E-state index >= 15 is 0 Å². The predicted octanol–water partition coefficient (Wildman–Crippen LogP) is 2.95. The number of pyridine rings is 1. The molecule has 0 saturated carbocycles. The first-order chi connectivity index (χ1) is 11.6. The van der Waals surface area contributed by atoms with Gasteiger partial charge >= 0.3 is 0 Å². The number of fused-ring (bicyclic) bond motifs is 1. The van der Waals surface area contributed by atoms with Gasteiger partial charge in [0, 0.05) is 30.7 Å². The fraction of sp³-hybridized carbons (Fsp3) is 0.105. The molecule has 0 aliphatic carbocycles. The van der Waals surface area contributed by atoms with Crippen LogP contribution in [0.15, 0.2) is 67.0 Å². The van der Waals surface area contributed by atoms with Gasteiger partial charge in [-0.05, 0) is 29.0 Å². The van der Waals surface area contributed by atoms with Gasteiger partial charge in [-0.3, -0.25) is 14.6 Å². The fourth-order valence-corrected chi connectivity index (χ4v) is 2.54. The molecule has 1 heterocycles. The molecular weight excluding hydrogens is 302 g/mol. The van der Waals surface area contributed by atoms with E-state index < -0.39 is 0 Å². The Hall–Kier alpha value is -3.21. The summed E-state index contributed by atoms with van der Waals surface area (Å²) in [7, 11) is 1.62. The molecule has 5 heteroatoms. The number of aromatic nitrogens is 1. The van der Waals surface area contributed by atoms with Gasteiger partial charge in [0.25, 0.3) is 5.91 Å². The Bertz CT molecular complexity index is 873. The van der Waals surface area contributed by atoms with Gasteiger partial charge in [0.1, 0.15) is 0 Å². The average Bonchev–Trinajstić information content (AvgIpc) is 2.61. The number of nitrogens with zero attached hydrogens (tertiary/aromatic N) is 2. The van der Waals surface area contributed by atoms with Crippen molar-refractivity contribution in [3.8, 4) is 0 Å². The highest BCUT2D eigenvalue weighted by Crippen LogP contribution is 2.19. The van der Waals surface area contributed by atoms with Gasteiger partial charge in [-0.25, -0.2) is 0 Å². The molecule has 1 N–H and O–H groups in total. The maximum absolute atomic E-state index is 12.7. The highest BCUT2D eigenvalue weighted by molar-refractivity contribution is 6.08. The van der Waals surface area contributed by atoms with Crippen molar-refractivity contribution >= 4 is 28.3 Å². The monoisotopic (exact) mass is 319 g/mol. The van der Waals surface area contributed by atoms with Crippen molar-refractivity contribution in [1.82, 2.24) is 9.88 Å². The minimum absolute atomic E-state index is 0.0234. The standard InChI is InChI=1S/C19H17N3O2/c1-22(13-18(23)21-15-9-11-20-12-10-15)19(24)17-8-4-6-14-5-2-3-7-16(14)17/h2-12H,13H2,1H3,(H,20,21,23). The molecule has 5 nitrogen and oxygen atoms in total. The Morgan fingerprint density at radius 2 is 1.71 bits per heavy atom. The van der Waals surface area contributed by atoms with E-state index in [1.807, 2.05) is 36.4 Å². The maximum Gasteiger partial charge on any atom is 0.254 e. The molecule has 120 valence electrons. The lowest BCUT2D eigenvalue weighted by Crippen LogP contribution is -2.35. The largest absolute Gasteiger partial charge is 0.332 e. The molecule has 0 unspecified atom stereocenters. The number of carbonyl (C=O) groups is 2. The fourth-order valence-electron chi connectivity index (χ4n) is 2.54. The smallest absolute Gasteiger partial charge is 0.254 e. The number of nitrogens with one attached hydrogen (secondary N) is 1. The van der Waals surface area contributed by atoms with Crippen LogP contribution in [0.3, 0.4) is 0 Å². The first-order valence-electron chi connectivity index (χ1n) is 7.58. The molecule has 0 saturated heterocycles. The van der Waals surface area contributed by atoms with Gasteiger partial charge in [-0.15, -0.1) is 0 Å². The number of hydrogen-bond acceptors (Lipinski definition) is 3. The van der Waals surface area contributed by atoms with E-state index in [4.69, 9.17) is 0 Å². The average molecular weight is 319 g/mol. The van der Waals surface area contributed by atoms with Crippen LogP contribution in [-0.4, -0.2) is 35.3 Å². The molecule has 2 aromatic carbocycles. The second-order valence-electron chi connectivity index (χ2n) is 5.47. The quantitative estimate of drug-likeness (QED) is 0.804. The molecule has 0 aliphatic rings. The van der Waals surface area contributed by atoms with Gasteiger partial charge in [0.15, 0.2) is 0 Å². The first kappa shape index (κ1) is 15.7. The van der Waals surface area contributed by atoms with Crippen molar-refractivity contribution in [3.05, 3.63) is 72.6 Å². The molecule has 0 spiro atoms. The Kier molecular flexibility index (Phi) is 4.52. The van der Waals surface area contributed by atoms with Crippen LogP contribution in [0.4, 0.5) is 5.69 Å². The summed E-state index contributed by atoms with van der Waals surface area (Å²) in [5.74, 6) is -0.436. The van der Waals surface area contributed by atoms with E-state index in [2.05, 4.69) is 10.3 Å². The van der Waals surface area contributed by atoms with E-state index in [9.17, 15) is 9.59 Å². The summed E-state index contributed by atoms with van der Waals surface area (Å²) in [6, 6.07) is 16.7. The van der Waals surface area contributed by atoms with Crippen molar-refractivity contribution in [2.24, 2.45) is 0 Å². The molecule has 0 radical (unpaired) electrons. The molecule has 0 bridgehead atoms. The minimum atomic E-state index is -0.253. The number of carbonyl (C=O) groups excluding carboxylic acids is 2. The lowest BCUT2D eigenvalue weighted by Gasteiger charge is -2.18. The normalized spacial score (nSPS) is 10.4. The van der Waals surface area contributed by atoms with Crippen LogP contribution in [0.2, 0.25) is 0 Å². The Balaban J connectivity index is 1.73. The first-order valence-corrected chi connectivity index (χ1v) is 7.58.